The van der Waals surface area contributed by atoms with Crippen LogP contribution in [0, 0.1) is 20.8 Å². The normalized spacial score (nSPS) is 11.0. The summed E-state index contributed by atoms with van der Waals surface area (Å²) in [5, 5.41) is 9.00. The van der Waals surface area contributed by atoms with Crippen molar-refractivity contribution in [3.63, 3.8) is 0 Å². The van der Waals surface area contributed by atoms with E-state index in [0.717, 1.165) is 34.5 Å². The number of nitrogens with one attached hydrogen (secondary N) is 1. The van der Waals surface area contributed by atoms with Gasteiger partial charge >= 0.3 is 0 Å². The summed E-state index contributed by atoms with van der Waals surface area (Å²) in [7, 11) is 1.93. The van der Waals surface area contributed by atoms with Gasteiger partial charge in [0.15, 0.2) is 5.65 Å². The van der Waals surface area contributed by atoms with Gasteiger partial charge in [-0.2, -0.15) is 5.10 Å². The van der Waals surface area contributed by atoms with Crippen LogP contribution < -0.4 is 5.32 Å². The highest BCUT2D eigenvalue weighted by molar-refractivity contribution is 5.78. The number of pyridine rings is 1. The predicted octanol–water partition coefficient (Wildman–Crippen LogP) is 3.51. The lowest BCUT2D eigenvalue weighted by molar-refractivity contribution is 0.773. The molecule has 3 rings (SSSR count). The van der Waals surface area contributed by atoms with Gasteiger partial charge in [-0.1, -0.05) is 6.07 Å². The lowest BCUT2D eigenvalue weighted by Crippen LogP contribution is -2.01. The lowest BCUT2D eigenvalue weighted by atomic mass is 10.1. The van der Waals surface area contributed by atoms with E-state index in [9.17, 15) is 0 Å². The SMILES string of the molecule is Cc1cc(C)cc(NCc2cnc3c(c2)c(C)nn3C)c1. The van der Waals surface area contributed by atoms with Crippen LogP contribution >= 0.6 is 0 Å². The van der Waals surface area contributed by atoms with E-state index in [2.05, 4.69) is 53.5 Å². The molecule has 0 radical (unpaired) electrons. The Bertz CT molecular complexity index is 782. The molecule has 0 saturated carbocycles. The summed E-state index contributed by atoms with van der Waals surface area (Å²) in [5.74, 6) is 0. The third-order valence-electron chi connectivity index (χ3n) is 3.64. The first-order valence-corrected chi connectivity index (χ1v) is 7.13. The lowest BCUT2D eigenvalue weighted by Gasteiger charge is -2.09. The Morgan fingerprint density at radius 2 is 1.76 bits per heavy atom. The highest BCUT2D eigenvalue weighted by Crippen LogP contribution is 2.18. The number of nitrogens with zero attached hydrogens (tertiary/aromatic N) is 3. The maximum absolute atomic E-state index is 4.51. The van der Waals surface area contributed by atoms with Crippen molar-refractivity contribution in [3.8, 4) is 0 Å². The number of anilines is 1. The number of benzene rings is 1. The number of rotatable bonds is 3. The molecular weight excluding hydrogens is 260 g/mol. The Morgan fingerprint density at radius 1 is 1.05 bits per heavy atom. The van der Waals surface area contributed by atoms with Crippen LogP contribution in [-0.2, 0) is 13.6 Å². The molecule has 108 valence electrons. The van der Waals surface area contributed by atoms with E-state index in [1.807, 2.05) is 24.9 Å². The second kappa shape index (κ2) is 5.20. The first-order chi connectivity index (χ1) is 10.0. The van der Waals surface area contributed by atoms with E-state index < -0.39 is 0 Å². The van der Waals surface area contributed by atoms with Crippen molar-refractivity contribution < 1.29 is 0 Å². The Morgan fingerprint density at radius 3 is 2.48 bits per heavy atom. The van der Waals surface area contributed by atoms with Crippen LogP contribution in [0.1, 0.15) is 22.4 Å². The molecule has 0 aliphatic carbocycles. The van der Waals surface area contributed by atoms with Crippen LogP contribution in [0.3, 0.4) is 0 Å². The molecule has 0 aliphatic heterocycles. The van der Waals surface area contributed by atoms with Gasteiger partial charge in [-0.05, 0) is 55.7 Å². The van der Waals surface area contributed by atoms with Crippen LogP contribution in [0.5, 0.6) is 0 Å². The molecule has 0 unspecified atom stereocenters. The van der Waals surface area contributed by atoms with Gasteiger partial charge in [-0.25, -0.2) is 4.98 Å². The number of aryl methyl sites for hydroxylation is 4. The van der Waals surface area contributed by atoms with E-state index in [0.29, 0.717) is 0 Å². The third-order valence-corrected chi connectivity index (χ3v) is 3.64. The van der Waals surface area contributed by atoms with Crippen LogP contribution in [0.4, 0.5) is 5.69 Å². The molecule has 21 heavy (non-hydrogen) atoms. The summed E-state index contributed by atoms with van der Waals surface area (Å²) in [5.41, 5.74) is 6.81. The molecule has 0 aliphatic rings. The van der Waals surface area contributed by atoms with Crippen LogP contribution in [0.25, 0.3) is 11.0 Å². The van der Waals surface area contributed by atoms with E-state index in [1.54, 1.807) is 0 Å². The number of hydrogen-bond acceptors (Lipinski definition) is 3. The molecule has 0 spiro atoms. The summed E-state index contributed by atoms with van der Waals surface area (Å²) in [4.78, 5) is 4.51. The fourth-order valence-electron chi connectivity index (χ4n) is 2.73. The smallest absolute Gasteiger partial charge is 0.157 e. The van der Waals surface area contributed by atoms with Gasteiger partial charge in [-0.15, -0.1) is 0 Å². The van der Waals surface area contributed by atoms with Gasteiger partial charge in [0.05, 0.1) is 5.69 Å². The van der Waals surface area contributed by atoms with E-state index in [-0.39, 0.29) is 0 Å². The quantitative estimate of drug-likeness (QED) is 0.798. The molecule has 0 saturated heterocycles. The number of fused-ring (bicyclic) bond motifs is 1. The zero-order chi connectivity index (χ0) is 15.0. The molecular formula is C17H20N4. The Hall–Kier alpha value is -2.36. The van der Waals surface area contributed by atoms with Crippen molar-refractivity contribution in [2.24, 2.45) is 7.05 Å². The van der Waals surface area contributed by atoms with Gasteiger partial charge < -0.3 is 5.32 Å². The summed E-state index contributed by atoms with van der Waals surface area (Å²) in [6.07, 6.45) is 1.92. The van der Waals surface area contributed by atoms with Gasteiger partial charge in [0.2, 0.25) is 0 Å². The van der Waals surface area contributed by atoms with Gasteiger partial charge in [0.1, 0.15) is 0 Å². The first kappa shape index (κ1) is 13.6. The molecule has 1 N–H and O–H groups in total. The van der Waals surface area contributed by atoms with Crippen molar-refractivity contribution in [2.75, 3.05) is 5.32 Å². The van der Waals surface area contributed by atoms with Crippen molar-refractivity contribution in [2.45, 2.75) is 27.3 Å². The first-order valence-electron chi connectivity index (χ1n) is 7.13. The Labute approximate surface area is 124 Å². The second-order valence-electron chi connectivity index (χ2n) is 5.65. The van der Waals surface area contributed by atoms with Crippen LogP contribution in [0.15, 0.2) is 30.5 Å². The van der Waals surface area contributed by atoms with Crippen molar-refractivity contribution >= 4 is 16.7 Å². The standard InChI is InChI=1S/C17H20N4/c1-11-5-12(2)7-15(6-11)18-9-14-8-16-13(3)20-21(4)17(16)19-10-14/h5-8,10,18H,9H2,1-4H3. The van der Waals surface area contributed by atoms with Crippen LogP contribution in [0.2, 0.25) is 0 Å². The van der Waals surface area contributed by atoms with Crippen molar-refractivity contribution in [3.05, 3.63) is 52.8 Å². The van der Waals surface area contributed by atoms with E-state index in [4.69, 9.17) is 0 Å². The summed E-state index contributed by atoms with van der Waals surface area (Å²) >= 11 is 0. The maximum Gasteiger partial charge on any atom is 0.157 e. The number of aromatic nitrogens is 3. The molecule has 1 aromatic carbocycles. The zero-order valence-corrected chi connectivity index (χ0v) is 12.9. The highest BCUT2D eigenvalue weighted by Gasteiger charge is 2.07. The fourth-order valence-corrected chi connectivity index (χ4v) is 2.73. The molecule has 2 heterocycles. The molecule has 4 nitrogen and oxygen atoms in total. The average molecular weight is 280 g/mol. The largest absolute Gasteiger partial charge is 0.381 e. The van der Waals surface area contributed by atoms with Crippen LogP contribution in [-0.4, -0.2) is 14.8 Å². The molecule has 4 heteroatoms. The molecule has 0 amide bonds. The molecule has 3 aromatic rings. The second-order valence-corrected chi connectivity index (χ2v) is 5.65. The zero-order valence-electron chi connectivity index (χ0n) is 12.9. The van der Waals surface area contributed by atoms with Gasteiger partial charge in [0.25, 0.3) is 0 Å². The average Bonchev–Trinajstić information content (AvgIpc) is 2.70. The highest BCUT2D eigenvalue weighted by atomic mass is 15.3. The van der Waals surface area contributed by atoms with Gasteiger partial charge in [-0.3, -0.25) is 4.68 Å². The van der Waals surface area contributed by atoms with E-state index >= 15 is 0 Å². The predicted molar refractivity (Wildman–Crippen MR) is 86.5 cm³/mol. The molecule has 0 bridgehead atoms. The summed E-state index contributed by atoms with van der Waals surface area (Å²) in [6.45, 7) is 7.01. The van der Waals surface area contributed by atoms with Crippen molar-refractivity contribution in [1.82, 2.24) is 14.8 Å². The minimum atomic E-state index is 0.764. The summed E-state index contributed by atoms with van der Waals surface area (Å²) in [6, 6.07) is 8.67. The maximum atomic E-state index is 4.51. The monoisotopic (exact) mass is 280 g/mol. The molecule has 2 aromatic heterocycles. The molecule has 0 atom stereocenters. The molecule has 0 fully saturated rings. The summed E-state index contributed by atoms with van der Waals surface area (Å²) < 4.78 is 1.83. The fraction of sp³-hybridized carbons (Fsp3) is 0.294. The van der Waals surface area contributed by atoms with Crippen molar-refractivity contribution in [1.29, 1.82) is 0 Å². The van der Waals surface area contributed by atoms with Gasteiger partial charge in [0, 0.05) is 30.9 Å². The third kappa shape index (κ3) is 2.75. The van der Waals surface area contributed by atoms with E-state index in [1.165, 1.54) is 11.1 Å². The Balaban J connectivity index is 1.83. The Kier molecular flexibility index (Phi) is 3.37. The topological polar surface area (TPSA) is 42.7 Å². The minimum absolute atomic E-state index is 0.764. The minimum Gasteiger partial charge on any atom is -0.381 e. The number of hydrogen-bond donors (Lipinski definition) is 1.